The molecule has 0 bridgehead atoms. The van der Waals surface area contributed by atoms with Crippen LogP contribution in [0.5, 0.6) is 0 Å². The van der Waals surface area contributed by atoms with Gasteiger partial charge in [0, 0.05) is 49.0 Å². The number of carboxylic acid groups (broad SMARTS) is 1. The molecule has 3 aromatic carbocycles. The summed E-state index contributed by atoms with van der Waals surface area (Å²) >= 11 is 6.12. The summed E-state index contributed by atoms with van der Waals surface area (Å²) in [6.45, 7) is 2.78. The summed E-state index contributed by atoms with van der Waals surface area (Å²) in [6.07, 6.45) is 1.27. The molecule has 1 aromatic heterocycles. The van der Waals surface area contributed by atoms with Crippen molar-refractivity contribution in [1.82, 2.24) is 35.3 Å². The number of amides is 5. The molecule has 17 heteroatoms. The van der Waals surface area contributed by atoms with E-state index >= 15 is 0 Å². The van der Waals surface area contributed by atoms with Gasteiger partial charge in [0.25, 0.3) is 0 Å². The Bertz CT molecular complexity index is 1790. The molecular weight excluding hydrogens is 644 g/mol. The Morgan fingerprint density at radius 2 is 1.52 bits per heavy atom. The maximum atomic E-state index is 13.4. The number of carbonyl (C=O) groups excluding carboxylic acids is 4. The molecule has 48 heavy (non-hydrogen) atoms. The number of hydrogen-bond donors (Lipinski definition) is 5. The van der Waals surface area contributed by atoms with E-state index in [9.17, 15) is 29.1 Å². The van der Waals surface area contributed by atoms with Crippen molar-refractivity contribution < 1.29 is 29.1 Å². The van der Waals surface area contributed by atoms with Crippen LogP contribution in [0.4, 0.5) is 21.9 Å². The number of carbonyl (C=O) groups is 5. The molecule has 5 rings (SSSR count). The number of halogens is 1. The van der Waals surface area contributed by atoms with Gasteiger partial charge in [-0.2, -0.15) is 4.68 Å². The van der Waals surface area contributed by atoms with Gasteiger partial charge in [-0.05, 0) is 77.6 Å². The topological polar surface area (TPSA) is 204 Å². The number of hydrogen-bond acceptors (Lipinski definition) is 9. The van der Waals surface area contributed by atoms with Crippen LogP contribution in [0.2, 0.25) is 5.02 Å². The highest BCUT2D eigenvalue weighted by Crippen LogP contribution is 2.24. The number of rotatable bonds is 9. The van der Waals surface area contributed by atoms with Crippen LogP contribution in [-0.2, 0) is 20.8 Å². The Balaban J connectivity index is 1.30. The van der Waals surface area contributed by atoms with Gasteiger partial charge in [-0.3, -0.25) is 14.4 Å². The van der Waals surface area contributed by atoms with Crippen LogP contribution in [0.25, 0.3) is 5.69 Å². The first-order valence-corrected chi connectivity index (χ1v) is 15.1. The highest BCUT2D eigenvalue weighted by atomic mass is 35.5. The van der Waals surface area contributed by atoms with Gasteiger partial charge in [-0.1, -0.05) is 23.7 Å². The van der Waals surface area contributed by atoms with Crippen molar-refractivity contribution in [2.24, 2.45) is 0 Å². The second-order valence-corrected chi connectivity index (χ2v) is 11.3. The normalized spacial score (nSPS) is 13.7. The average molecular weight is 675 g/mol. The number of aromatic nitrogens is 4. The van der Waals surface area contributed by atoms with E-state index in [2.05, 4.69) is 41.7 Å². The summed E-state index contributed by atoms with van der Waals surface area (Å²) in [5, 5.41) is 30.9. The SMILES string of the molecule is CN1CCN(C(=O)Nc2ccc(C[C@H](NC(=O)C(=O)Nc3cc(Cl)ccc3-n3cnnn3)C(=O)Nc3ccc(C(=O)O)cc3)cc2)CC1. The van der Waals surface area contributed by atoms with Gasteiger partial charge in [0.05, 0.1) is 16.9 Å². The van der Waals surface area contributed by atoms with E-state index in [1.807, 2.05) is 7.05 Å². The van der Waals surface area contributed by atoms with E-state index in [0.717, 1.165) is 13.1 Å². The Morgan fingerprint density at radius 1 is 0.854 bits per heavy atom. The van der Waals surface area contributed by atoms with Crippen LogP contribution in [0.15, 0.2) is 73.1 Å². The van der Waals surface area contributed by atoms with Crippen LogP contribution in [-0.4, -0.2) is 104 Å². The first-order valence-electron chi connectivity index (χ1n) is 14.7. The summed E-state index contributed by atoms with van der Waals surface area (Å²) in [4.78, 5) is 67.4. The minimum atomic E-state index is -1.24. The van der Waals surface area contributed by atoms with Gasteiger partial charge in [-0.25, -0.2) is 9.59 Å². The van der Waals surface area contributed by atoms with Gasteiger partial charge in [-0.15, -0.1) is 5.10 Å². The fraction of sp³-hybridized carbons (Fsp3) is 0.226. The zero-order valence-electron chi connectivity index (χ0n) is 25.6. The first kappa shape index (κ1) is 33.5. The predicted octanol–water partition coefficient (Wildman–Crippen LogP) is 2.10. The molecule has 1 fully saturated rings. The molecule has 4 aromatic rings. The summed E-state index contributed by atoms with van der Waals surface area (Å²) in [6, 6.07) is 15.3. The lowest BCUT2D eigenvalue weighted by Gasteiger charge is -2.32. The van der Waals surface area contributed by atoms with E-state index in [-0.39, 0.29) is 34.4 Å². The van der Waals surface area contributed by atoms with E-state index in [1.54, 1.807) is 41.3 Å². The highest BCUT2D eigenvalue weighted by molar-refractivity contribution is 6.40. The van der Waals surface area contributed by atoms with Crippen LogP contribution < -0.4 is 21.3 Å². The van der Waals surface area contributed by atoms with Crippen molar-refractivity contribution >= 4 is 58.4 Å². The average Bonchev–Trinajstić information content (AvgIpc) is 3.61. The number of likely N-dealkylation sites (N-methyl/N-ethyl adjacent to an activating group) is 1. The van der Waals surface area contributed by atoms with Gasteiger partial charge < -0.3 is 36.2 Å². The molecule has 1 aliphatic rings. The summed E-state index contributed by atoms with van der Waals surface area (Å²) in [5.41, 5.74) is 1.95. The van der Waals surface area contributed by atoms with Crippen molar-refractivity contribution in [3.05, 3.63) is 89.2 Å². The Hall–Kier alpha value is -5.87. The Kier molecular flexibility index (Phi) is 10.6. The van der Waals surface area contributed by atoms with E-state index in [4.69, 9.17) is 11.6 Å². The summed E-state index contributed by atoms with van der Waals surface area (Å²) < 4.78 is 1.27. The van der Waals surface area contributed by atoms with Crippen molar-refractivity contribution in [2.75, 3.05) is 49.2 Å². The lowest BCUT2D eigenvalue weighted by molar-refractivity contribution is -0.137. The molecule has 0 aliphatic carbocycles. The van der Waals surface area contributed by atoms with E-state index in [0.29, 0.717) is 30.0 Å². The van der Waals surface area contributed by atoms with Crippen molar-refractivity contribution in [3.63, 3.8) is 0 Å². The molecule has 2 heterocycles. The van der Waals surface area contributed by atoms with Crippen molar-refractivity contribution in [1.29, 1.82) is 0 Å². The van der Waals surface area contributed by atoms with Crippen LogP contribution >= 0.6 is 11.6 Å². The van der Waals surface area contributed by atoms with Gasteiger partial charge >= 0.3 is 23.8 Å². The first-order chi connectivity index (χ1) is 23.0. The molecule has 1 aliphatic heterocycles. The number of benzene rings is 3. The van der Waals surface area contributed by atoms with Crippen molar-refractivity contribution in [3.8, 4) is 5.69 Å². The maximum absolute atomic E-state index is 13.4. The number of nitrogens with zero attached hydrogens (tertiary/aromatic N) is 6. The number of carboxylic acids is 1. The number of piperazine rings is 1. The molecule has 16 nitrogen and oxygen atoms in total. The smallest absolute Gasteiger partial charge is 0.335 e. The number of anilines is 3. The molecule has 248 valence electrons. The molecule has 0 saturated carbocycles. The second-order valence-electron chi connectivity index (χ2n) is 10.9. The molecule has 1 saturated heterocycles. The third-order valence-electron chi connectivity index (χ3n) is 7.47. The molecule has 0 radical (unpaired) electrons. The van der Waals surface area contributed by atoms with Gasteiger partial charge in [0.2, 0.25) is 5.91 Å². The zero-order valence-corrected chi connectivity index (χ0v) is 26.3. The van der Waals surface area contributed by atoms with E-state index in [1.165, 1.54) is 41.3 Å². The second kappa shape index (κ2) is 15.1. The fourth-order valence-electron chi connectivity index (χ4n) is 4.79. The number of urea groups is 1. The number of aromatic carboxylic acids is 1. The minimum Gasteiger partial charge on any atom is -0.478 e. The van der Waals surface area contributed by atoms with Crippen LogP contribution in [0, 0.1) is 0 Å². The maximum Gasteiger partial charge on any atom is 0.335 e. The minimum absolute atomic E-state index is 0.0244. The molecule has 5 N–H and O–H groups in total. The van der Waals surface area contributed by atoms with Gasteiger partial charge in [0.1, 0.15) is 12.4 Å². The predicted molar refractivity (Wildman–Crippen MR) is 175 cm³/mol. The monoisotopic (exact) mass is 674 g/mol. The Labute approximate surface area is 279 Å². The fourth-order valence-corrected chi connectivity index (χ4v) is 4.96. The van der Waals surface area contributed by atoms with Gasteiger partial charge in [0.15, 0.2) is 0 Å². The zero-order chi connectivity index (χ0) is 34.2. The lowest BCUT2D eigenvalue weighted by atomic mass is 10.0. The largest absolute Gasteiger partial charge is 0.478 e. The quantitative estimate of drug-likeness (QED) is 0.164. The van der Waals surface area contributed by atoms with Crippen LogP contribution in [0.1, 0.15) is 15.9 Å². The number of tetrazole rings is 1. The Morgan fingerprint density at radius 3 is 2.17 bits per heavy atom. The summed E-state index contributed by atoms with van der Waals surface area (Å²) in [5.74, 6) is -3.99. The van der Waals surface area contributed by atoms with Crippen molar-refractivity contribution in [2.45, 2.75) is 12.5 Å². The molecular formula is C31H31ClN10O6. The summed E-state index contributed by atoms with van der Waals surface area (Å²) in [7, 11) is 2.00. The highest BCUT2D eigenvalue weighted by Gasteiger charge is 2.26. The molecule has 5 amide bonds. The third kappa shape index (κ3) is 8.68. The number of nitrogens with one attached hydrogen (secondary N) is 4. The van der Waals surface area contributed by atoms with E-state index < -0.39 is 29.7 Å². The molecule has 1 atom stereocenters. The standard InChI is InChI=1S/C31H31ClN10O6/c1-40-12-14-41(15-13-40)31(48)35-23-7-2-19(3-8-23)16-25(27(43)34-22-9-4-20(5-10-22)30(46)47)37-29(45)28(44)36-24-17-21(32)6-11-26(24)42-18-33-38-39-42/h2-11,17-18,25H,12-16H2,1H3,(H,34,43)(H,35,48)(H,36,44)(H,37,45)(H,46,47)/t25-/m0/s1. The lowest BCUT2D eigenvalue weighted by Crippen LogP contribution is -2.49. The molecule has 0 spiro atoms. The molecule has 0 unspecified atom stereocenters. The van der Waals surface area contributed by atoms with Crippen LogP contribution in [0.3, 0.4) is 0 Å². The third-order valence-corrected chi connectivity index (χ3v) is 7.70.